The van der Waals surface area contributed by atoms with E-state index in [1.165, 1.54) is 12.1 Å². The van der Waals surface area contributed by atoms with Gasteiger partial charge in [-0.15, -0.1) is 0 Å². The molecule has 1 aromatic heterocycles. The summed E-state index contributed by atoms with van der Waals surface area (Å²) < 4.78 is 81.1. The molecule has 1 aliphatic rings. The smallest absolute Gasteiger partial charge is 0.336 e. The van der Waals surface area contributed by atoms with Gasteiger partial charge in [0.25, 0.3) is 5.12 Å². The van der Waals surface area contributed by atoms with E-state index in [9.17, 15) is 40.8 Å². The van der Waals surface area contributed by atoms with Gasteiger partial charge in [-0.3, -0.25) is 19.9 Å². The molecule has 0 radical (unpaired) electrons. The molecule has 2 atom stereocenters. The summed E-state index contributed by atoms with van der Waals surface area (Å²) >= 11 is 0. The molecule has 180 valence electrons. The highest BCUT2D eigenvalue weighted by molar-refractivity contribution is 8.06. The number of alkyl halides is 3. The number of aromatic nitrogens is 1. The van der Waals surface area contributed by atoms with Crippen molar-refractivity contribution < 1.29 is 35.6 Å². The lowest BCUT2D eigenvalue weighted by molar-refractivity contribution is -0.161. The molecule has 1 aliphatic carbocycles. The van der Waals surface area contributed by atoms with Crippen LogP contribution in [0.1, 0.15) is 34.9 Å². The molecule has 34 heavy (non-hydrogen) atoms. The van der Waals surface area contributed by atoms with Gasteiger partial charge in [0.05, 0.1) is 11.8 Å². The second-order valence-electron chi connectivity index (χ2n) is 7.68. The molecular weight excluding hydrogens is 480 g/mol. The predicted molar refractivity (Wildman–Crippen MR) is 110 cm³/mol. The molecule has 1 aromatic carbocycles. The summed E-state index contributed by atoms with van der Waals surface area (Å²) in [5.41, 5.74) is -2.70. The SMILES string of the molecule is N#CC1(NC(=O)[C@H](CS(=O)(=O)C(=O)c2ccccn2)N[C@@H](c2ccccc2F)C(F)(F)F)CC1. The normalized spacial score (nSPS) is 16.7. The number of pyridine rings is 1. The Morgan fingerprint density at radius 1 is 1.15 bits per heavy atom. The third-order valence-electron chi connectivity index (χ3n) is 5.10. The Morgan fingerprint density at radius 3 is 2.32 bits per heavy atom. The van der Waals surface area contributed by atoms with E-state index in [4.69, 9.17) is 0 Å². The van der Waals surface area contributed by atoms with Crippen LogP contribution in [-0.2, 0) is 14.6 Å². The fourth-order valence-electron chi connectivity index (χ4n) is 3.12. The lowest BCUT2D eigenvalue weighted by Crippen LogP contribution is -2.55. The van der Waals surface area contributed by atoms with Crippen LogP contribution in [0.2, 0.25) is 0 Å². The van der Waals surface area contributed by atoms with Gasteiger partial charge in [0, 0.05) is 11.8 Å². The third-order valence-corrected chi connectivity index (χ3v) is 6.64. The summed E-state index contributed by atoms with van der Waals surface area (Å²) in [6, 6.07) is 4.65. The minimum absolute atomic E-state index is 0.220. The molecule has 2 N–H and O–H groups in total. The van der Waals surface area contributed by atoms with Crippen molar-refractivity contribution in [2.75, 3.05) is 5.75 Å². The molecule has 0 spiro atoms. The van der Waals surface area contributed by atoms with Gasteiger partial charge in [-0.05, 0) is 31.0 Å². The topological polar surface area (TPSA) is 129 Å². The molecule has 13 heteroatoms. The van der Waals surface area contributed by atoms with Crippen molar-refractivity contribution in [1.82, 2.24) is 15.6 Å². The monoisotopic (exact) mass is 498 g/mol. The second-order valence-corrected chi connectivity index (χ2v) is 9.62. The van der Waals surface area contributed by atoms with Crippen molar-refractivity contribution in [3.63, 3.8) is 0 Å². The van der Waals surface area contributed by atoms with E-state index in [2.05, 4.69) is 10.3 Å². The van der Waals surface area contributed by atoms with Gasteiger partial charge in [0.1, 0.15) is 29.1 Å². The van der Waals surface area contributed by atoms with Crippen molar-refractivity contribution in [1.29, 1.82) is 5.26 Å². The quantitative estimate of drug-likeness (QED) is 0.534. The van der Waals surface area contributed by atoms with Crippen molar-refractivity contribution in [2.45, 2.75) is 36.6 Å². The van der Waals surface area contributed by atoms with Crippen LogP contribution in [0.25, 0.3) is 0 Å². The summed E-state index contributed by atoms with van der Waals surface area (Å²) in [5.74, 6) is -3.86. The molecule has 1 heterocycles. The summed E-state index contributed by atoms with van der Waals surface area (Å²) in [6.07, 6.45) is -3.55. The van der Waals surface area contributed by atoms with Gasteiger partial charge in [-0.2, -0.15) is 18.4 Å². The number of benzene rings is 1. The molecule has 0 aliphatic heterocycles. The van der Waals surface area contributed by atoms with E-state index >= 15 is 0 Å². The lowest BCUT2D eigenvalue weighted by atomic mass is 10.0. The predicted octanol–water partition coefficient (Wildman–Crippen LogP) is 2.21. The number of amides is 1. The molecular formula is C21H18F4N4O4S. The highest BCUT2D eigenvalue weighted by Crippen LogP contribution is 2.36. The molecule has 1 saturated carbocycles. The number of rotatable bonds is 8. The maximum Gasteiger partial charge on any atom is 0.408 e. The molecule has 0 saturated heterocycles. The fraction of sp³-hybridized carbons (Fsp3) is 0.333. The minimum Gasteiger partial charge on any atom is -0.336 e. The summed E-state index contributed by atoms with van der Waals surface area (Å²) in [6.45, 7) is 0. The van der Waals surface area contributed by atoms with E-state index in [-0.39, 0.29) is 12.8 Å². The van der Waals surface area contributed by atoms with Crippen molar-refractivity contribution in [3.8, 4) is 6.07 Å². The summed E-state index contributed by atoms with van der Waals surface area (Å²) in [5, 5.41) is 11.8. The zero-order chi connectivity index (χ0) is 25.1. The standard InChI is InChI=1S/C21H18F4N4O4S/c22-14-6-2-1-5-13(14)17(21(23,24)25)28-16(18(30)29-20(12-26)8-9-20)11-34(32,33)19(31)15-7-3-4-10-27-15/h1-7,10,16-17,28H,8-9,11H2,(H,29,30)/t16-,17-/m0/s1. The first-order chi connectivity index (χ1) is 15.9. The Morgan fingerprint density at radius 2 is 1.79 bits per heavy atom. The molecule has 0 bridgehead atoms. The zero-order valence-corrected chi connectivity index (χ0v) is 18.2. The molecule has 0 unspecified atom stereocenters. The van der Waals surface area contributed by atoms with Crippen LogP contribution < -0.4 is 10.6 Å². The van der Waals surface area contributed by atoms with E-state index in [0.717, 1.165) is 36.5 Å². The number of halogens is 4. The second kappa shape index (κ2) is 9.47. The van der Waals surface area contributed by atoms with Crippen LogP contribution in [0.15, 0.2) is 48.7 Å². The number of nitriles is 1. The van der Waals surface area contributed by atoms with E-state index in [1.54, 1.807) is 6.07 Å². The first kappa shape index (κ1) is 25.3. The van der Waals surface area contributed by atoms with Gasteiger partial charge in [-0.1, -0.05) is 24.3 Å². The van der Waals surface area contributed by atoms with Gasteiger partial charge >= 0.3 is 6.18 Å². The Bertz CT molecular complexity index is 1230. The Balaban J connectivity index is 1.96. The summed E-state index contributed by atoms with van der Waals surface area (Å²) in [7, 11) is -4.85. The van der Waals surface area contributed by atoms with Crippen molar-refractivity contribution >= 4 is 20.9 Å². The first-order valence-electron chi connectivity index (χ1n) is 9.87. The number of nitrogens with zero attached hydrogens (tertiary/aromatic N) is 2. The highest BCUT2D eigenvalue weighted by atomic mass is 32.2. The molecule has 3 rings (SSSR count). The van der Waals surface area contributed by atoms with E-state index in [1.807, 2.05) is 5.32 Å². The number of carbonyl (C=O) groups excluding carboxylic acids is 2. The van der Waals surface area contributed by atoms with Crippen molar-refractivity contribution in [2.24, 2.45) is 0 Å². The van der Waals surface area contributed by atoms with Crippen molar-refractivity contribution in [3.05, 3.63) is 65.7 Å². The van der Waals surface area contributed by atoms with Gasteiger partial charge in [-0.25, -0.2) is 12.8 Å². The van der Waals surface area contributed by atoms with Crippen LogP contribution in [0, 0.1) is 17.1 Å². The summed E-state index contributed by atoms with van der Waals surface area (Å²) in [4.78, 5) is 28.9. The fourth-order valence-corrected chi connectivity index (χ4v) is 4.40. The van der Waals surface area contributed by atoms with Crippen LogP contribution in [0.4, 0.5) is 17.6 Å². The van der Waals surface area contributed by atoms with Crippen LogP contribution in [0.5, 0.6) is 0 Å². The highest BCUT2D eigenvalue weighted by Gasteiger charge is 2.49. The number of nitrogens with one attached hydrogen (secondary N) is 2. The number of hydrogen-bond acceptors (Lipinski definition) is 7. The maximum absolute atomic E-state index is 14.2. The first-order valence-corrected chi connectivity index (χ1v) is 11.5. The van der Waals surface area contributed by atoms with Crippen LogP contribution in [-0.4, -0.2) is 47.9 Å². The van der Waals surface area contributed by atoms with Crippen LogP contribution >= 0.6 is 0 Å². The number of carbonyl (C=O) groups is 2. The number of sulfone groups is 1. The number of hydrogen-bond donors (Lipinski definition) is 2. The van der Waals surface area contributed by atoms with Gasteiger partial charge in [0.15, 0.2) is 0 Å². The molecule has 1 amide bonds. The Labute approximate surface area is 191 Å². The maximum atomic E-state index is 14.2. The van der Waals surface area contributed by atoms with Crippen LogP contribution in [0.3, 0.4) is 0 Å². The lowest BCUT2D eigenvalue weighted by Gasteiger charge is -2.28. The Kier molecular flexibility index (Phi) is 7.04. The van der Waals surface area contributed by atoms with Gasteiger partial charge in [0.2, 0.25) is 15.7 Å². The van der Waals surface area contributed by atoms with Gasteiger partial charge < -0.3 is 5.32 Å². The molecule has 2 aromatic rings. The molecule has 1 fully saturated rings. The zero-order valence-electron chi connectivity index (χ0n) is 17.3. The average Bonchev–Trinajstić information content (AvgIpc) is 3.56. The minimum atomic E-state index is -5.14. The third kappa shape index (κ3) is 5.75. The van der Waals surface area contributed by atoms with E-state index < -0.39 is 67.5 Å². The molecule has 8 nitrogen and oxygen atoms in total. The largest absolute Gasteiger partial charge is 0.408 e. The Hall–Kier alpha value is -3.37. The van der Waals surface area contributed by atoms with E-state index in [0.29, 0.717) is 0 Å². The average molecular weight is 498 g/mol.